The van der Waals surface area contributed by atoms with Gasteiger partial charge in [-0.05, 0) is 59.2 Å². The number of fused-ring (bicyclic) bond motifs is 1. The monoisotopic (exact) mass is 336 g/mol. The highest BCUT2D eigenvalue weighted by Crippen LogP contribution is 2.44. The third-order valence-electron chi connectivity index (χ3n) is 2.62. The van der Waals surface area contributed by atoms with Crippen molar-refractivity contribution in [2.45, 2.75) is 52.7 Å². The SMILES string of the molecule is CC(C)(C)OC(=O)N(C(=O)OC(C)(C)C)c1ccc2cc1-2.O[B]O. The third kappa shape index (κ3) is 5.86. The van der Waals surface area contributed by atoms with E-state index in [4.69, 9.17) is 19.5 Å². The van der Waals surface area contributed by atoms with Crippen LogP contribution >= 0.6 is 0 Å². The number of hydrogen-bond acceptors (Lipinski definition) is 6. The maximum Gasteiger partial charge on any atom is 0.482 e. The summed E-state index contributed by atoms with van der Waals surface area (Å²) in [6.07, 6.45) is -1.46. The van der Waals surface area contributed by atoms with Gasteiger partial charge < -0.3 is 19.5 Å². The molecule has 24 heavy (non-hydrogen) atoms. The van der Waals surface area contributed by atoms with Crippen molar-refractivity contribution < 1.29 is 29.1 Å². The zero-order valence-electron chi connectivity index (χ0n) is 14.8. The van der Waals surface area contributed by atoms with Crippen LogP contribution in [0.3, 0.4) is 0 Å². The summed E-state index contributed by atoms with van der Waals surface area (Å²) in [5.74, 6) is 0. The average molecular weight is 336 g/mol. The number of hydrogen-bond donors (Lipinski definition) is 2. The van der Waals surface area contributed by atoms with Crippen molar-refractivity contribution in [1.82, 2.24) is 0 Å². The van der Waals surface area contributed by atoms with Crippen LogP contribution in [-0.2, 0) is 9.47 Å². The van der Waals surface area contributed by atoms with Crippen molar-refractivity contribution >= 4 is 25.6 Å². The van der Waals surface area contributed by atoms with Gasteiger partial charge in [0.2, 0.25) is 0 Å². The molecule has 0 atom stereocenters. The Hall–Kier alpha value is -2.06. The first kappa shape index (κ1) is 20.0. The second kappa shape index (κ2) is 7.23. The van der Waals surface area contributed by atoms with Crippen LogP contribution in [0, 0.1) is 0 Å². The molecule has 0 spiro atoms. The van der Waals surface area contributed by atoms with Crippen LogP contribution in [0.25, 0.3) is 11.1 Å². The number of anilines is 1. The van der Waals surface area contributed by atoms with Crippen molar-refractivity contribution in [1.29, 1.82) is 0 Å². The van der Waals surface area contributed by atoms with Crippen molar-refractivity contribution in [3.05, 3.63) is 18.2 Å². The van der Waals surface area contributed by atoms with Crippen LogP contribution in [0.5, 0.6) is 0 Å². The van der Waals surface area contributed by atoms with Crippen LogP contribution < -0.4 is 4.90 Å². The molecule has 0 unspecified atom stereocenters. The van der Waals surface area contributed by atoms with Crippen LogP contribution in [0.15, 0.2) is 18.2 Å². The molecule has 0 saturated heterocycles. The van der Waals surface area contributed by atoms with Crippen molar-refractivity contribution in [3.63, 3.8) is 0 Å². The smallest absolute Gasteiger partial charge is 0.443 e. The summed E-state index contributed by atoms with van der Waals surface area (Å²) in [5, 5.41) is 14.0. The molecule has 0 aliphatic heterocycles. The fourth-order valence-corrected chi connectivity index (χ4v) is 1.82. The zero-order valence-corrected chi connectivity index (χ0v) is 14.8. The molecule has 131 valence electrons. The van der Waals surface area contributed by atoms with Gasteiger partial charge in [0.15, 0.2) is 0 Å². The van der Waals surface area contributed by atoms with Gasteiger partial charge >= 0.3 is 19.9 Å². The maximum absolute atomic E-state index is 12.3. The number of carbonyl (C=O) groups excluding carboxylic acids is 2. The fraction of sp³-hybridized carbons (Fsp3) is 0.500. The molecule has 2 amide bonds. The predicted molar refractivity (Wildman–Crippen MR) is 90.6 cm³/mol. The van der Waals surface area contributed by atoms with E-state index in [1.54, 1.807) is 47.6 Å². The van der Waals surface area contributed by atoms with E-state index in [0.717, 1.165) is 16.0 Å². The van der Waals surface area contributed by atoms with Crippen molar-refractivity contribution in [3.8, 4) is 11.1 Å². The molecule has 7 nitrogen and oxygen atoms in total. The number of rotatable bonds is 1. The Balaban J connectivity index is 0.000000891. The van der Waals surface area contributed by atoms with E-state index >= 15 is 0 Å². The number of ether oxygens (including phenoxy) is 2. The molecule has 0 fully saturated rings. The fourth-order valence-electron chi connectivity index (χ4n) is 1.82. The normalized spacial score (nSPS) is 11.7. The molecule has 2 N–H and O–H groups in total. The molecular formula is C16H23BNO6. The lowest BCUT2D eigenvalue weighted by Gasteiger charge is -2.28. The average Bonchev–Trinajstić information content (AvgIpc) is 3.01. The van der Waals surface area contributed by atoms with E-state index in [0.29, 0.717) is 5.69 Å². The molecule has 2 aliphatic rings. The lowest BCUT2D eigenvalue weighted by Crippen LogP contribution is -2.43. The van der Waals surface area contributed by atoms with E-state index < -0.39 is 23.4 Å². The van der Waals surface area contributed by atoms with Crippen LogP contribution in [0.2, 0.25) is 0 Å². The highest BCUT2D eigenvalue weighted by molar-refractivity contribution is 6.14. The van der Waals surface area contributed by atoms with Gasteiger partial charge in [-0.1, -0.05) is 6.07 Å². The number of imide groups is 1. The standard InChI is InChI=1S/C16H21NO4.BH2O2/c1-15(2,3)20-13(18)17(14(19)21-16(4,5)6)12-8-7-10-9-11(10)12;2-1-3/h7-9H,1-6H3;2-3H. The predicted octanol–water partition coefficient (Wildman–Crippen LogP) is 2.85. The Morgan fingerprint density at radius 2 is 1.38 bits per heavy atom. The molecule has 2 rings (SSSR count). The summed E-state index contributed by atoms with van der Waals surface area (Å²) in [4.78, 5) is 25.7. The van der Waals surface area contributed by atoms with E-state index in [-0.39, 0.29) is 7.69 Å². The van der Waals surface area contributed by atoms with Crippen molar-refractivity contribution in [2.24, 2.45) is 0 Å². The summed E-state index contributed by atoms with van der Waals surface area (Å²) in [7, 11) is 0. The summed E-state index contributed by atoms with van der Waals surface area (Å²) in [5.41, 5.74) is 1.04. The van der Waals surface area contributed by atoms with Gasteiger partial charge in [0.05, 0.1) is 5.69 Å². The Labute approximate surface area is 142 Å². The Kier molecular flexibility index (Phi) is 6.02. The van der Waals surface area contributed by atoms with Gasteiger partial charge in [-0.15, -0.1) is 0 Å². The largest absolute Gasteiger partial charge is 0.482 e. The van der Waals surface area contributed by atoms with E-state index in [1.807, 2.05) is 12.1 Å². The second-order valence-electron chi connectivity index (χ2n) is 7.14. The minimum Gasteiger partial charge on any atom is -0.443 e. The highest BCUT2D eigenvalue weighted by Gasteiger charge is 2.36. The third-order valence-corrected chi connectivity index (χ3v) is 2.62. The maximum atomic E-state index is 12.3. The van der Waals surface area contributed by atoms with Crippen LogP contribution in [0.4, 0.5) is 15.3 Å². The summed E-state index contributed by atoms with van der Waals surface area (Å²) < 4.78 is 10.6. The van der Waals surface area contributed by atoms with Gasteiger partial charge in [0, 0.05) is 5.56 Å². The van der Waals surface area contributed by atoms with E-state index in [2.05, 4.69) is 0 Å². The molecule has 0 bridgehead atoms. The minimum atomic E-state index is -0.731. The van der Waals surface area contributed by atoms with E-state index in [9.17, 15) is 9.59 Å². The lowest BCUT2D eigenvalue weighted by atomic mass is 10.2. The van der Waals surface area contributed by atoms with E-state index in [1.165, 1.54) is 0 Å². The van der Waals surface area contributed by atoms with Gasteiger partial charge in [-0.25, -0.2) is 9.59 Å². The van der Waals surface area contributed by atoms with Crippen LogP contribution in [-0.4, -0.2) is 41.1 Å². The Morgan fingerprint density at radius 3 is 1.62 bits per heavy atom. The minimum absolute atomic E-state index is 0. The first-order valence-corrected chi connectivity index (χ1v) is 7.40. The molecular weight excluding hydrogens is 313 g/mol. The molecule has 2 aliphatic carbocycles. The van der Waals surface area contributed by atoms with Gasteiger partial charge in [-0.2, -0.15) is 4.90 Å². The van der Waals surface area contributed by atoms with Crippen molar-refractivity contribution in [2.75, 3.05) is 4.90 Å². The van der Waals surface area contributed by atoms with Gasteiger partial charge in [0.1, 0.15) is 11.2 Å². The molecule has 0 saturated carbocycles. The number of benzene rings is 1. The topological polar surface area (TPSA) is 96.3 Å². The lowest BCUT2D eigenvalue weighted by molar-refractivity contribution is 0.0431. The summed E-state index contributed by atoms with van der Waals surface area (Å²) >= 11 is 0. The molecule has 0 aromatic heterocycles. The van der Waals surface area contributed by atoms with Crippen LogP contribution in [0.1, 0.15) is 41.5 Å². The summed E-state index contributed by atoms with van der Waals surface area (Å²) in [6, 6.07) is 5.47. The quantitative estimate of drug-likeness (QED) is 0.778. The second-order valence-corrected chi connectivity index (χ2v) is 7.14. The Morgan fingerprint density at radius 1 is 0.958 bits per heavy atom. The Bertz CT molecular complexity index is 590. The molecule has 0 heterocycles. The number of carbonyl (C=O) groups is 2. The van der Waals surface area contributed by atoms with Gasteiger partial charge in [-0.3, -0.25) is 0 Å². The highest BCUT2D eigenvalue weighted by atomic mass is 16.6. The first-order chi connectivity index (χ1) is 10.9. The number of nitrogens with zero attached hydrogens (tertiary/aromatic N) is 1. The molecule has 0 aromatic carbocycles. The zero-order chi connectivity index (χ0) is 18.7. The molecule has 0 aromatic rings. The molecule has 8 heteroatoms. The van der Waals surface area contributed by atoms with Gasteiger partial charge in [0.25, 0.3) is 0 Å². The number of amides is 2. The molecule has 1 radical (unpaired) electrons. The first-order valence-electron chi connectivity index (χ1n) is 7.40. The summed E-state index contributed by atoms with van der Waals surface area (Å²) in [6.45, 7) is 10.5.